The van der Waals surface area contributed by atoms with Gasteiger partial charge in [-0.15, -0.1) is 10.2 Å². The lowest BCUT2D eigenvalue weighted by atomic mass is 10.1. The first-order chi connectivity index (χ1) is 14.4. The minimum absolute atomic E-state index is 0.126. The van der Waals surface area contributed by atoms with Crippen LogP contribution in [-0.4, -0.2) is 26.4 Å². The van der Waals surface area contributed by atoms with Crippen LogP contribution in [-0.2, 0) is 17.9 Å². The number of benzene rings is 2. The van der Waals surface area contributed by atoms with Crippen molar-refractivity contribution in [2.45, 2.75) is 46.0 Å². The van der Waals surface area contributed by atoms with Gasteiger partial charge in [-0.3, -0.25) is 4.79 Å². The molecule has 1 N–H and O–H groups in total. The van der Waals surface area contributed by atoms with Crippen molar-refractivity contribution in [2.75, 3.05) is 11.1 Å². The summed E-state index contributed by atoms with van der Waals surface area (Å²) >= 11 is 7.46. The molecule has 0 atom stereocenters. The van der Waals surface area contributed by atoms with Gasteiger partial charge >= 0.3 is 0 Å². The molecule has 0 radical (unpaired) electrons. The molecule has 1 amide bonds. The van der Waals surface area contributed by atoms with Gasteiger partial charge in [-0.05, 0) is 62.6 Å². The smallest absolute Gasteiger partial charge is 0.234 e. The quantitative estimate of drug-likeness (QED) is 0.484. The maximum Gasteiger partial charge on any atom is 0.234 e. The van der Waals surface area contributed by atoms with E-state index in [1.165, 1.54) is 11.8 Å². The fraction of sp³-hybridized carbons (Fsp3) is 0.318. The van der Waals surface area contributed by atoms with Crippen LogP contribution in [0.15, 0.2) is 41.6 Å². The predicted octanol–water partition coefficient (Wildman–Crippen LogP) is 5.19. The van der Waals surface area contributed by atoms with E-state index < -0.39 is 0 Å². The van der Waals surface area contributed by atoms with Crippen LogP contribution in [0.3, 0.4) is 0 Å². The highest BCUT2D eigenvalue weighted by atomic mass is 35.5. The SMILES string of the molecule is CCn1c(COc2cc(C)ccc2C)nnc1SCC(=O)Nc1ccc(C)c(Cl)c1. The summed E-state index contributed by atoms with van der Waals surface area (Å²) < 4.78 is 7.92. The Labute approximate surface area is 186 Å². The fourth-order valence-corrected chi connectivity index (χ4v) is 3.85. The van der Waals surface area contributed by atoms with Crippen molar-refractivity contribution in [3.8, 4) is 5.75 Å². The molecule has 1 heterocycles. The third-order valence-corrected chi connectivity index (χ3v) is 5.97. The van der Waals surface area contributed by atoms with Crippen LogP contribution in [0, 0.1) is 20.8 Å². The molecule has 3 rings (SSSR count). The number of amides is 1. The molecule has 0 fully saturated rings. The lowest BCUT2D eigenvalue weighted by Crippen LogP contribution is -2.15. The second kappa shape index (κ2) is 10.00. The lowest BCUT2D eigenvalue weighted by molar-refractivity contribution is -0.113. The molecule has 0 saturated heterocycles. The molecule has 0 unspecified atom stereocenters. The van der Waals surface area contributed by atoms with E-state index in [1.54, 1.807) is 6.07 Å². The van der Waals surface area contributed by atoms with Crippen LogP contribution in [0.5, 0.6) is 5.75 Å². The van der Waals surface area contributed by atoms with Crippen molar-refractivity contribution in [2.24, 2.45) is 0 Å². The van der Waals surface area contributed by atoms with E-state index in [9.17, 15) is 4.79 Å². The molecule has 0 aliphatic rings. The van der Waals surface area contributed by atoms with Gasteiger partial charge in [-0.1, -0.05) is 41.6 Å². The molecule has 0 bridgehead atoms. The van der Waals surface area contributed by atoms with Gasteiger partial charge in [0.15, 0.2) is 11.0 Å². The van der Waals surface area contributed by atoms with E-state index >= 15 is 0 Å². The summed E-state index contributed by atoms with van der Waals surface area (Å²) in [6.45, 7) is 8.99. The number of carbonyl (C=O) groups is 1. The number of rotatable bonds is 8. The van der Waals surface area contributed by atoms with E-state index in [-0.39, 0.29) is 11.7 Å². The molecule has 0 saturated carbocycles. The minimum Gasteiger partial charge on any atom is -0.485 e. The Hall–Kier alpha value is -2.51. The Morgan fingerprint density at radius 2 is 1.90 bits per heavy atom. The van der Waals surface area contributed by atoms with Crippen LogP contribution in [0.1, 0.15) is 29.4 Å². The summed E-state index contributed by atoms with van der Waals surface area (Å²) in [5, 5.41) is 12.7. The Morgan fingerprint density at radius 1 is 1.13 bits per heavy atom. The first-order valence-corrected chi connectivity index (χ1v) is 11.0. The van der Waals surface area contributed by atoms with Gasteiger partial charge in [-0.25, -0.2) is 0 Å². The molecular formula is C22H25ClN4O2S. The molecule has 6 nitrogen and oxygen atoms in total. The predicted molar refractivity (Wildman–Crippen MR) is 121 cm³/mol. The summed E-state index contributed by atoms with van der Waals surface area (Å²) in [5.74, 6) is 1.66. The van der Waals surface area contributed by atoms with Gasteiger partial charge in [0.2, 0.25) is 5.91 Å². The summed E-state index contributed by atoms with van der Waals surface area (Å²) in [6, 6.07) is 11.6. The molecule has 158 valence electrons. The molecule has 0 aliphatic carbocycles. The Balaban J connectivity index is 1.60. The largest absolute Gasteiger partial charge is 0.485 e. The van der Waals surface area contributed by atoms with E-state index in [2.05, 4.69) is 21.6 Å². The Kier molecular flexibility index (Phi) is 7.39. The van der Waals surface area contributed by atoms with E-state index in [0.717, 1.165) is 28.3 Å². The third kappa shape index (κ3) is 5.55. The zero-order valence-corrected chi connectivity index (χ0v) is 19.1. The Morgan fingerprint density at radius 3 is 2.63 bits per heavy atom. The van der Waals surface area contributed by atoms with Gasteiger partial charge in [0.25, 0.3) is 0 Å². The summed E-state index contributed by atoms with van der Waals surface area (Å²) in [4.78, 5) is 12.3. The van der Waals surface area contributed by atoms with Crippen LogP contribution < -0.4 is 10.1 Å². The highest BCUT2D eigenvalue weighted by Gasteiger charge is 2.14. The van der Waals surface area contributed by atoms with E-state index in [0.29, 0.717) is 29.0 Å². The average Bonchev–Trinajstić information content (AvgIpc) is 3.11. The first-order valence-electron chi connectivity index (χ1n) is 9.68. The third-order valence-electron chi connectivity index (χ3n) is 4.60. The fourth-order valence-electron chi connectivity index (χ4n) is 2.85. The molecule has 0 spiro atoms. The van der Waals surface area contributed by atoms with Crippen molar-refractivity contribution in [3.63, 3.8) is 0 Å². The van der Waals surface area contributed by atoms with Crippen molar-refractivity contribution < 1.29 is 9.53 Å². The van der Waals surface area contributed by atoms with Crippen LogP contribution in [0.2, 0.25) is 5.02 Å². The zero-order valence-electron chi connectivity index (χ0n) is 17.5. The molecule has 2 aromatic carbocycles. The van der Waals surface area contributed by atoms with Crippen molar-refractivity contribution in [1.82, 2.24) is 14.8 Å². The number of aryl methyl sites for hydroxylation is 3. The highest BCUT2D eigenvalue weighted by Crippen LogP contribution is 2.23. The van der Waals surface area contributed by atoms with Crippen molar-refractivity contribution >= 4 is 35.0 Å². The molecule has 0 aliphatic heterocycles. The molecule has 30 heavy (non-hydrogen) atoms. The summed E-state index contributed by atoms with van der Waals surface area (Å²) in [5.41, 5.74) is 3.86. The first kappa shape index (κ1) is 22.2. The molecule has 8 heteroatoms. The number of nitrogens with zero attached hydrogens (tertiary/aromatic N) is 3. The number of nitrogens with one attached hydrogen (secondary N) is 1. The summed E-state index contributed by atoms with van der Waals surface area (Å²) in [7, 11) is 0. The lowest BCUT2D eigenvalue weighted by Gasteiger charge is -2.11. The topological polar surface area (TPSA) is 69.0 Å². The van der Waals surface area contributed by atoms with Crippen molar-refractivity contribution in [3.05, 3.63) is 63.9 Å². The number of carbonyl (C=O) groups excluding carboxylic acids is 1. The maximum atomic E-state index is 12.3. The number of ether oxygens (including phenoxy) is 1. The number of hydrogen-bond donors (Lipinski definition) is 1. The Bertz CT molecular complexity index is 1050. The average molecular weight is 445 g/mol. The van der Waals surface area contributed by atoms with E-state index in [4.69, 9.17) is 16.3 Å². The van der Waals surface area contributed by atoms with Gasteiger partial charge in [0.05, 0.1) is 5.75 Å². The van der Waals surface area contributed by atoms with E-state index in [1.807, 2.05) is 56.5 Å². The van der Waals surface area contributed by atoms with Gasteiger partial charge < -0.3 is 14.6 Å². The van der Waals surface area contributed by atoms with Gasteiger partial charge in [-0.2, -0.15) is 0 Å². The summed E-state index contributed by atoms with van der Waals surface area (Å²) in [6.07, 6.45) is 0. The monoisotopic (exact) mass is 444 g/mol. The van der Waals surface area contributed by atoms with Gasteiger partial charge in [0.1, 0.15) is 12.4 Å². The van der Waals surface area contributed by atoms with Crippen LogP contribution in [0.25, 0.3) is 0 Å². The van der Waals surface area contributed by atoms with Crippen LogP contribution in [0.4, 0.5) is 5.69 Å². The van der Waals surface area contributed by atoms with Crippen molar-refractivity contribution in [1.29, 1.82) is 0 Å². The number of hydrogen-bond acceptors (Lipinski definition) is 5. The second-order valence-electron chi connectivity index (χ2n) is 7.00. The number of anilines is 1. The molecule has 1 aromatic heterocycles. The minimum atomic E-state index is -0.126. The standard InChI is InChI=1S/C22H25ClN4O2S/c1-5-27-20(12-29-19-10-14(2)6-7-16(19)4)25-26-22(27)30-13-21(28)24-17-9-8-15(3)18(23)11-17/h6-11H,5,12-13H2,1-4H3,(H,24,28). The number of aromatic nitrogens is 3. The van der Waals surface area contributed by atoms with Gasteiger partial charge in [0, 0.05) is 17.3 Å². The van der Waals surface area contributed by atoms with Crippen LogP contribution >= 0.6 is 23.4 Å². The highest BCUT2D eigenvalue weighted by molar-refractivity contribution is 7.99. The normalized spacial score (nSPS) is 10.8. The number of halogens is 1. The zero-order chi connectivity index (χ0) is 21.7. The molecular weight excluding hydrogens is 420 g/mol. The maximum absolute atomic E-state index is 12.3. The molecule has 3 aromatic rings. The number of thioether (sulfide) groups is 1. The second-order valence-corrected chi connectivity index (χ2v) is 8.35.